The van der Waals surface area contributed by atoms with E-state index in [0.717, 1.165) is 25.9 Å². The van der Waals surface area contributed by atoms with E-state index >= 15 is 0 Å². The highest BCUT2D eigenvalue weighted by molar-refractivity contribution is 5.69. The van der Waals surface area contributed by atoms with Gasteiger partial charge in [-0.1, -0.05) is 38.1 Å². The summed E-state index contributed by atoms with van der Waals surface area (Å²) in [5.74, 6) is -0.978. The molecule has 0 fully saturated rings. The van der Waals surface area contributed by atoms with E-state index in [1.807, 2.05) is 0 Å². The fourth-order valence-corrected chi connectivity index (χ4v) is 1.74. The number of hydrogen-bond donors (Lipinski definition) is 2. The van der Waals surface area contributed by atoms with Crippen LogP contribution in [0.15, 0.2) is 24.3 Å². The van der Waals surface area contributed by atoms with Crippen LogP contribution in [-0.2, 0) is 17.6 Å². The molecule has 0 aliphatic rings. The van der Waals surface area contributed by atoms with Crippen LogP contribution in [0.4, 0.5) is 0 Å². The third kappa shape index (κ3) is 5.32. The normalized spacial score (nSPS) is 12.3. The fourth-order valence-electron chi connectivity index (χ4n) is 1.74. The molecule has 0 radical (unpaired) electrons. The van der Waals surface area contributed by atoms with Crippen molar-refractivity contribution in [2.24, 2.45) is 5.92 Å². The van der Waals surface area contributed by atoms with E-state index in [-0.39, 0.29) is 5.92 Å². The second kappa shape index (κ2) is 7.88. The third-order valence-corrected chi connectivity index (χ3v) is 3.20. The largest absolute Gasteiger partial charge is 0.481 e. The van der Waals surface area contributed by atoms with Crippen LogP contribution in [0.25, 0.3) is 0 Å². The zero-order chi connectivity index (χ0) is 13.4. The van der Waals surface area contributed by atoms with Crippen molar-refractivity contribution in [3.05, 3.63) is 35.4 Å². The molecule has 1 unspecified atom stereocenters. The lowest BCUT2D eigenvalue weighted by Gasteiger charge is -2.08. The zero-order valence-electron chi connectivity index (χ0n) is 11.3. The minimum atomic E-state index is -0.716. The SMILES string of the molecule is CCc1ccc(CCNCCC(C)C(=O)O)cc1. The number of carboxylic acid groups (broad SMARTS) is 1. The van der Waals surface area contributed by atoms with Crippen LogP contribution < -0.4 is 5.32 Å². The maximum absolute atomic E-state index is 10.6. The quantitative estimate of drug-likeness (QED) is 0.696. The predicted molar refractivity (Wildman–Crippen MR) is 73.8 cm³/mol. The van der Waals surface area contributed by atoms with Gasteiger partial charge in [0, 0.05) is 0 Å². The molecule has 1 aromatic carbocycles. The first-order valence-corrected chi connectivity index (χ1v) is 6.64. The molecule has 1 aromatic rings. The van der Waals surface area contributed by atoms with Gasteiger partial charge < -0.3 is 10.4 Å². The van der Waals surface area contributed by atoms with E-state index in [1.54, 1.807) is 6.92 Å². The molecule has 0 saturated heterocycles. The van der Waals surface area contributed by atoms with Crippen LogP contribution in [0.2, 0.25) is 0 Å². The summed E-state index contributed by atoms with van der Waals surface area (Å²) in [6.07, 6.45) is 2.75. The lowest BCUT2D eigenvalue weighted by Crippen LogP contribution is -2.22. The fraction of sp³-hybridized carbons (Fsp3) is 0.533. The highest BCUT2D eigenvalue weighted by atomic mass is 16.4. The Kier molecular flexibility index (Phi) is 6.44. The Hall–Kier alpha value is -1.35. The van der Waals surface area contributed by atoms with E-state index < -0.39 is 5.97 Å². The first kappa shape index (κ1) is 14.7. The second-order valence-electron chi connectivity index (χ2n) is 4.70. The van der Waals surface area contributed by atoms with Crippen LogP contribution in [0.3, 0.4) is 0 Å². The van der Waals surface area contributed by atoms with Crippen LogP contribution in [0.1, 0.15) is 31.4 Å². The van der Waals surface area contributed by atoms with Gasteiger partial charge in [-0.25, -0.2) is 0 Å². The highest BCUT2D eigenvalue weighted by Gasteiger charge is 2.09. The Bertz CT molecular complexity index is 359. The molecule has 0 aliphatic heterocycles. The number of hydrogen-bond acceptors (Lipinski definition) is 2. The number of carboxylic acids is 1. The molecule has 100 valence electrons. The van der Waals surface area contributed by atoms with E-state index in [2.05, 4.69) is 36.5 Å². The van der Waals surface area contributed by atoms with Crippen molar-refractivity contribution in [1.29, 1.82) is 0 Å². The summed E-state index contributed by atoms with van der Waals surface area (Å²) < 4.78 is 0. The Morgan fingerprint density at radius 2 is 1.83 bits per heavy atom. The molecule has 0 aromatic heterocycles. The summed E-state index contributed by atoms with van der Waals surface area (Å²) in [5.41, 5.74) is 2.69. The van der Waals surface area contributed by atoms with Gasteiger partial charge in [0.1, 0.15) is 0 Å². The van der Waals surface area contributed by atoms with Gasteiger partial charge in [0.05, 0.1) is 5.92 Å². The average molecular weight is 249 g/mol. The Morgan fingerprint density at radius 3 is 2.39 bits per heavy atom. The topological polar surface area (TPSA) is 49.3 Å². The number of carbonyl (C=O) groups is 1. The lowest BCUT2D eigenvalue weighted by atomic mass is 10.1. The molecule has 0 amide bonds. The van der Waals surface area contributed by atoms with Crippen molar-refractivity contribution < 1.29 is 9.90 Å². The summed E-state index contributed by atoms with van der Waals surface area (Å²) in [5, 5.41) is 12.0. The molecular formula is C15H23NO2. The van der Waals surface area contributed by atoms with Crippen molar-refractivity contribution in [3.63, 3.8) is 0 Å². The lowest BCUT2D eigenvalue weighted by molar-refractivity contribution is -0.141. The molecule has 0 bridgehead atoms. The van der Waals surface area contributed by atoms with Crippen molar-refractivity contribution in [2.75, 3.05) is 13.1 Å². The molecule has 2 N–H and O–H groups in total. The summed E-state index contributed by atoms with van der Waals surface area (Å²) in [6, 6.07) is 8.67. The van der Waals surface area contributed by atoms with Crippen molar-refractivity contribution in [1.82, 2.24) is 5.32 Å². The van der Waals surface area contributed by atoms with Gasteiger partial charge in [-0.2, -0.15) is 0 Å². The van der Waals surface area contributed by atoms with Crippen molar-refractivity contribution >= 4 is 5.97 Å². The summed E-state index contributed by atoms with van der Waals surface area (Å²) in [4.78, 5) is 10.6. The third-order valence-electron chi connectivity index (χ3n) is 3.20. The molecular weight excluding hydrogens is 226 g/mol. The standard InChI is InChI=1S/C15H23NO2/c1-3-13-4-6-14(7-5-13)9-11-16-10-8-12(2)15(17)18/h4-7,12,16H,3,8-11H2,1-2H3,(H,17,18). The summed E-state index contributed by atoms with van der Waals surface area (Å²) in [6.45, 7) is 5.56. The molecule has 1 atom stereocenters. The number of benzene rings is 1. The second-order valence-corrected chi connectivity index (χ2v) is 4.70. The number of aryl methyl sites for hydroxylation is 1. The van der Waals surface area contributed by atoms with E-state index in [1.165, 1.54) is 11.1 Å². The van der Waals surface area contributed by atoms with Crippen LogP contribution in [0.5, 0.6) is 0 Å². The molecule has 18 heavy (non-hydrogen) atoms. The van der Waals surface area contributed by atoms with Gasteiger partial charge in [-0.3, -0.25) is 4.79 Å². The van der Waals surface area contributed by atoms with Crippen molar-refractivity contribution in [3.8, 4) is 0 Å². The monoisotopic (exact) mass is 249 g/mol. The summed E-state index contributed by atoms with van der Waals surface area (Å²) in [7, 11) is 0. The van der Waals surface area contributed by atoms with Gasteiger partial charge in [-0.15, -0.1) is 0 Å². The van der Waals surface area contributed by atoms with Crippen LogP contribution in [0, 0.1) is 5.92 Å². The first-order chi connectivity index (χ1) is 8.63. The molecule has 1 rings (SSSR count). The highest BCUT2D eigenvalue weighted by Crippen LogP contribution is 2.05. The zero-order valence-corrected chi connectivity index (χ0v) is 11.3. The van der Waals surface area contributed by atoms with Crippen LogP contribution in [-0.4, -0.2) is 24.2 Å². The van der Waals surface area contributed by atoms with Crippen molar-refractivity contribution in [2.45, 2.75) is 33.1 Å². The smallest absolute Gasteiger partial charge is 0.306 e. The predicted octanol–water partition coefficient (Wildman–Crippen LogP) is 2.49. The molecule has 3 nitrogen and oxygen atoms in total. The van der Waals surface area contributed by atoms with E-state index in [4.69, 9.17) is 5.11 Å². The maximum atomic E-state index is 10.6. The van der Waals surface area contributed by atoms with Gasteiger partial charge in [-0.05, 0) is 43.5 Å². The minimum Gasteiger partial charge on any atom is -0.481 e. The molecule has 0 spiro atoms. The molecule has 0 heterocycles. The molecule has 0 aliphatic carbocycles. The number of aliphatic carboxylic acids is 1. The molecule has 3 heteroatoms. The van der Waals surface area contributed by atoms with Crippen LogP contribution >= 0.6 is 0 Å². The average Bonchev–Trinajstić information content (AvgIpc) is 2.38. The Morgan fingerprint density at radius 1 is 1.22 bits per heavy atom. The van der Waals surface area contributed by atoms with Gasteiger partial charge in [0.2, 0.25) is 0 Å². The van der Waals surface area contributed by atoms with Gasteiger partial charge in [0.25, 0.3) is 0 Å². The number of rotatable bonds is 8. The number of nitrogens with one attached hydrogen (secondary N) is 1. The van der Waals surface area contributed by atoms with Gasteiger partial charge >= 0.3 is 5.97 Å². The van der Waals surface area contributed by atoms with E-state index in [9.17, 15) is 4.79 Å². The first-order valence-electron chi connectivity index (χ1n) is 6.64. The molecule has 0 saturated carbocycles. The van der Waals surface area contributed by atoms with Gasteiger partial charge in [0.15, 0.2) is 0 Å². The Labute approximate surface area is 109 Å². The van der Waals surface area contributed by atoms with E-state index in [0.29, 0.717) is 6.42 Å². The maximum Gasteiger partial charge on any atom is 0.306 e. The summed E-state index contributed by atoms with van der Waals surface area (Å²) >= 11 is 0. The Balaban J connectivity index is 2.15. The minimum absolute atomic E-state index is 0.263.